The molecule has 2 aromatic rings. The highest BCUT2D eigenvalue weighted by Gasteiger charge is 2.33. The molecule has 1 aliphatic heterocycles. The molecule has 0 aliphatic carbocycles. The normalized spacial score (nSPS) is 17.4. The van der Waals surface area contributed by atoms with Gasteiger partial charge in [0, 0.05) is 37.9 Å². The molecule has 0 radical (unpaired) electrons. The van der Waals surface area contributed by atoms with E-state index in [0.717, 1.165) is 31.3 Å². The van der Waals surface area contributed by atoms with Crippen LogP contribution < -0.4 is 15.5 Å². The second kappa shape index (κ2) is 7.30. The number of hydrogen-bond donors (Lipinski definition) is 2. The molecule has 0 saturated carbocycles. The molecule has 1 fully saturated rings. The number of nitrogens with zero attached hydrogens (tertiary/aromatic N) is 5. The smallest absolute Gasteiger partial charge is 0.373 e. The predicted molar refractivity (Wildman–Crippen MR) is 92.2 cm³/mol. The molecule has 1 saturated heterocycles. The topological polar surface area (TPSA) is 78.9 Å². The summed E-state index contributed by atoms with van der Waals surface area (Å²) in [5, 5.41) is 5.92. The lowest BCUT2D eigenvalue weighted by molar-refractivity contribution is -0.141. The van der Waals surface area contributed by atoms with Crippen molar-refractivity contribution in [2.75, 3.05) is 35.7 Å². The number of aryl methyl sites for hydroxylation is 1. The van der Waals surface area contributed by atoms with Crippen molar-refractivity contribution in [3.63, 3.8) is 0 Å². The van der Waals surface area contributed by atoms with Gasteiger partial charge < -0.3 is 15.5 Å². The van der Waals surface area contributed by atoms with Gasteiger partial charge in [0.05, 0.1) is 0 Å². The zero-order valence-corrected chi connectivity index (χ0v) is 14.5. The van der Waals surface area contributed by atoms with E-state index in [9.17, 15) is 13.2 Å². The van der Waals surface area contributed by atoms with E-state index in [1.54, 1.807) is 7.05 Å². The summed E-state index contributed by atoms with van der Waals surface area (Å²) >= 11 is 0. The number of anilines is 3. The van der Waals surface area contributed by atoms with Crippen LogP contribution in [0.1, 0.15) is 24.2 Å². The molecule has 26 heavy (non-hydrogen) atoms. The van der Waals surface area contributed by atoms with E-state index >= 15 is 0 Å². The summed E-state index contributed by atoms with van der Waals surface area (Å²) in [5.74, 6) is 1.49. The molecule has 10 heteroatoms. The van der Waals surface area contributed by atoms with Crippen molar-refractivity contribution in [1.29, 1.82) is 0 Å². The van der Waals surface area contributed by atoms with E-state index in [2.05, 4.69) is 35.5 Å². The van der Waals surface area contributed by atoms with Gasteiger partial charge in [-0.2, -0.15) is 13.2 Å². The zero-order valence-electron chi connectivity index (χ0n) is 14.5. The van der Waals surface area contributed by atoms with Gasteiger partial charge in [-0.05, 0) is 25.8 Å². The maximum atomic E-state index is 12.9. The molecule has 1 atom stereocenters. The Labute approximate surface area is 149 Å². The van der Waals surface area contributed by atoms with Crippen LogP contribution in [-0.4, -0.2) is 46.1 Å². The average Bonchev–Trinajstić information content (AvgIpc) is 3.07. The van der Waals surface area contributed by atoms with Crippen molar-refractivity contribution in [3.05, 3.63) is 29.8 Å². The molecular formula is C16H20F3N7. The fraction of sp³-hybridized carbons (Fsp3) is 0.500. The maximum absolute atomic E-state index is 12.9. The van der Waals surface area contributed by atoms with Gasteiger partial charge in [-0.15, -0.1) is 0 Å². The van der Waals surface area contributed by atoms with E-state index in [-0.39, 0.29) is 17.7 Å². The Balaban J connectivity index is 1.72. The Morgan fingerprint density at radius 2 is 2.04 bits per heavy atom. The second-order valence-electron chi connectivity index (χ2n) is 6.10. The Morgan fingerprint density at radius 1 is 1.23 bits per heavy atom. The fourth-order valence-corrected chi connectivity index (χ4v) is 2.99. The molecule has 7 nitrogen and oxygen atoms in total. The minimum Gasteiger partial charge on any atom is -0.373 e. The fourth-order valence-electron chi connectivity index (χ4n) is 2.99. The first-order chi connectivity index (χ1) is 12.4. The summed E-state index contributed by atoms with van der Waals surface area (Å²) in [6.07, 6.45) is -1.12. The monoisotopic (exact) mass is 367 g/mol. The number of halogens is 3. The van der Waals surface area contributed by atoms with Crippen molar-refractivity contribution in [1.82, 2.24) is 19.9 Å². The second-order valence-corrected chi connectivity index (χ2v) is 6.10. The van der Waals surface area contributed by atoms with Crippen LogP contribution in [0.25, 0.3) is 0 Å². The Bertz CT molecular complexity index is 766. The summed E-state index contributed by atoms with van der Waals surface area (Å²) in [6, 6.07) is 2.88. The quantitative estimate of drug-likeness (QED) is 0.841. The third kappa shape index (κ3) is 4.12. The number of nitrogens with one attached hydrogen (secondary N) is 2. The molecule has 0 bridgehead atoms. The van der Waals surface area contributed by atoms with Crippen LogP contribution in [0.15, 0.2) is 18.5 Å². The number of hydrogen-bond acceptors (Lipinski definition) is 7. The van der Waals surface area contributed by atoms with Crippen LogP contribution in [-0.2, 0) is 6.18 Å². The average molecular weight is 367 g/mol. The van der Waals surface area contributed by atoms with Crippen LogP contribution in [0.2, 0.25) is 0 Å². The lowest BCUT2D eigenvalue weighted by atomic mass is 10.2. The van der Waals surface area contributed by atoms with Gasteiger partial charge in [-0.3, -0.25) is 0 Å². The van der Waals surface area contributed by atoms with Gasteiger partial charge in [-0.25, -0.2) is 19.9 Å². The molecule has 1 unspecified atom stereocenters. The Kier molecular flexibility index (Phi) is 5.10. The highest BCUT2D eigenvalue weighted by Crippen LogP contribution is 2.29. The van der Waals surface area contributed by atoms with Crippen LogP contribution >= 0.6 is 0 Å². The summed E-state index contributed by atoms with van der Waals surface area (Å²) < 4.78 is 38.7. The van der Waals surface area contributed by atoms with Gasteiger partial charge >= 0.3 is 6.18 Å². The summed E-state index contributed by atoms with van der Waals surface area (Å²) in [4.78, 5) is 18.2. The van der Waals surface area contributed by atoms with Gasteiger partial charge in [0.2, 0.25) is 5.95 Å². The largest absolute Gasteiger partial charge is 0.433 e. The Morgan fingerprint density at radius 3 is 2.77 bits per heavy atom. The number of aromatic nitrogens is 4. The zero-order chi connectivity index (χ0) is 18.7. The van der Waals surface area contributed by atoms with Crippen molar-refractivity contribution < 1.29 is 13.2 Å². The standard InChI is InChI=1S/C16H20F3N7/c1-10-6-12(16(17,18)19)25-15(24-10)21-8-11-4-3-5-26(11)14-7-13(20-2)22-9-23-14/h6-7,9,11H,3-5,8H2,1-2H3,(H,20,22,23)(H,21,24,25). The SMILES string of the molecule is CNc1cc(N2CCCC2CNc2nc(C)cc(C(F)(F)F)n2)ncn1. The van der Waals surface area contributed by atoms with Crippen LogP contribution in [0, 0.1) is 6.92 Å². The van der Waals surface area contributed by atoms with E-state index in [1.807, 2.05) is 6.07 Å². The number of rotatable bonds is 5. The third-order valence-corrected chi connectivity index (χ3v) is 4.22. The molecule has 2 N–H and O–H groups in total. The molecule has 3 rings (SSSR count). The van der Waals surface area contributed by atoms with Gasteiger partial charge in [0.15, 0.2) is 0 Å². The maximum Gasteiger partial charge on any atom is 0.433 e. The van der Waals surface area contributed by atoms with E-state index in [4.69, 9.17) is 0 Å². The van der Waals surface area contributed by atoms with Gasteiger partial charge in [0.1, 0.15) is 23.7 Å². The van der Waals surface area contributed by atoms with Gasteiger partial charge in [-0.1, -0.05) is 0 Å². The van der Waals surface area contributed by atoms with Crippen LogP contribution in [0.5, 0.6) is 0 Å². The number of alkyl halides is 3. The molecule has 0 amide bonds. The first-order valence-electron chi connectivity index (χ1n) is 8.30. The van der Waals surface area contributed by atoms with Crippen molar-refractivity contribution in [2.45, 2.75) is 32.0 Å². The van der Waals surface area contributed by atoms with E-state index in [0.29, 0.717) is 12.4 Å². The summed E-state index contributed by atoms with van der Waals surface area (Å²) in [5.41, 5.74) is -0.669. The molecule has 140 valence electrons. The summed E-state index contributed by atoms with van der Waals surface area (Å²) in [7, 11) is 1.78. The molecule has 1 aliphatic rings. The molecule has 3 heterocycles. The lowest BCUT2D eigenvalue weighted by Gasteiger charge is -2.26. The van der Waals surface area contributed by atoms with E-state index < -0.39 is 11.9 Å². The third-order valence-electron chi connectivity index (χ3n) is 4.22. The first kappa shape index (κ1) is 18.2. The lowest BCUT2D eigenvalue weighted by Crippen LogP contribution is -2.36. The first-order valence-corrected chi connectivity index (χ1v) is 8.30. The Hall–Kier alpha value is -2.65. The highest BCUT2D eigenvalue weighted by molar-refractivity contribution is 5.50. The predicted octanol–water partition coefficient (Wildman–Crippen LogP) is 2.72. The molecular weight excluding hydrogens is 347 g/mol. The van der Waals surface area contributed by atoms with Crippen LogP contribution in [0.4, 0.5) is 30.8 Å². The summed E-state index contributed by atoms with van der Waals surface area (Å²) in [6.45, 7) is 2.78. The van der Waals surface area contributed by atoms with E-state index in [1.165, 1.54) is 13.3 Å². The molecule has 2 aromatic heterocycles. The highest BCUT2D eigenvalue weighted by atomic mass is 19.4. The molecule has 0 spiro atoms. The minimum absolute atomic E-state index is 0.0113. The van der Waals surface area contributed by atoms with Crippen molar-refractivity contribution >= 4 is 17.6 Å². The molecule has 0 aromatic carbocycles. The minimum atomic E-state index is -4.49. The van der Waals surface area contributed by atoms with Crippen LogP contribution in [0.3, 0.4) is 0 Å². The van der Waals surface area contributed by atoms with Gasteiger partial charge in [0.25, 0.3) is 0 Å². The van der Waals surface area contributed by atoms with Crippen molar-refractivity contribution in [3.8, 4) is 0 Å². The van der Waals surface area contributed by atoms with Crippen molar-refractivity contribution in [2.24, 2.45) is 0 Å².